The number of nitrogens with one attached hydrogen (secondary N) is 1. The van der Waals surface area contributed by atoms with Crippen LogP contribution >= 0.6 is 12.4 Å². The number of methoxy groups -OCH3 is 1. The second kappa shape index (κ2) is 12.3. The lowest BCUT2D eigenvalue weighted by atomic mass is 10.2. The molecular formula is C16H24ClNO3. The number of terminal acetylenes is 1. The molecule has 0 atom stereocenters. The van der Waals surface area contributed by atoms with Crippen molar-refractivity contribution in [2.24, 2.45) is 0 Å². The molecule has 118 valence electrons. The highest BCUT2D eigenvalue weighted by Crippen LogP contribution is 2.27. The molecule has 0 saturated heterocycles. The molecule has 0 amide bonds. The maximum atomic E-state index is 8.69. The largest absolute Gasteiger partial charge is 0.493 e. The molecule has 0 aromatic heterocycles. The van der Waals surface area contributed by atoms with Gasteiger partial charge in [0.25, 0.3) is 0 Å². The average molecular weight is 314 g/mol. The van der Waals surface area contributed by atoms with Crippen molar-refractivity contribution in [2.45, 2.75) is 25.8 Å². The van der Waals surface area contributed by atoms with Crippen LogP contribution in [0, 0.1) is 12.3 Å². The van der Waals surface area contributed by atoms with E-state index in [2.05, 4.69) is 11.2 Å². The third kappa shape index (κ3) is 7.81. The topological polar surface area (TPSA) is 50.7 Å². The van der Waals surface area contributed by atoms with Gasteiger partial charge in [0.1, 0.15) is 6.61 Å². The van der Waals surface area contributed by atoms with Crippen molar-refractivity contribution < 1.29 is 14.6 Å². The minimum Gasteiger partial charge on any atom is -0.493 e. The summed E-state index contributed by atoms with van der Waals surface area (Å²) in [5.41, 5.74) is 1.14. The van der Waals surface area contributed by atoms with Gasteiger partial charge in [-0.15, -0.1) is 18.8 Å². The van der Waals surface area contributed by atoms with Crippen LogP contribution in [0.3, 0.4) is 0 Å². The summed E-state index contributed by atoms with van der Waals surface area (Å²) in [6, 6.07) is 5.82. The molecule has 21 heavy (non-hydrogen) atoms. The van der Waals surface area contributed by atoms with Gasteiger partial charge in [-0.25, -0.2) is 0 Å². The number of unbranched alkanes of at least 4 members (excludes halogenated alkanes) is 2. The summed E-state index contributed by atoms with van der Waals surface area (Å²) in [6.45, 7) is 2.23. The molecular weight excluding hydrogens is 290 g/mol. The van der Waals surface area contributed by atoms with Crippen LogP contribution in [0.2, 0.25) is 0 Å². The lowest BCUT2D eigenvalue weighted by Crippen LogP contribution is -2.14. The van der Waals surface area contributed by atoms with E-state index in [-0.39, 0.29) is 25.6 Å². The van der Waals surface area contributed by atoms with E-state index in [1.807, 2.05) is 18.2 Å². The molecule has 0 unspecified atom stereocenters. The summed E-state index contributed by atoms with van der Waals surface area (Å²) in [5.74, 6) is 3.79. The van der Waals surface area contributed by atoms with Crippen LogP contribution in [0.4, 0.5) is 0 Å². The normalized spacial score (nSPS) is 9.57. The second-order valence-corrected chi connectivity index (χ2v) is 4.44. The monoisotopic (exact) mass is 313 g/mol. The van der Waals surface area contributed by atoms with E-state index in [0.717, 1.165) is 37.9 Å². The van der Waals surface area contributed by atoms with Crippen LogP contribution in [0.1, 0.15) is 24.8 Å². The van der Waals surface area contributed by atoms with Crippen molar-refractivity contribution in [1.29, 1.82) is 0 Å². The number of benzene rings is 1. The fourth-order valence-electron chi connectivity index (χ4n) is 1.83. The molecule has 0 aliphatic carbocycles. The Morgan fingerprint density at radius 3 is 2.71 bits per heavy atom. The summed E-state index contributed by atoms with van der Waals surface area (Å²) >= 11 is 0. The summed E-state index contributed by atoms with van der Waals surface area (Å²) in [6.07, 6.45) is 8.16. The molecule has 0 bridgehead atoms. The SMILES string of the molecule is C#CCOc1ccc(CNCCCCCO)cc1OC.Cl. The first-order valence-electron chi connectivity index (χ1n) is 6.86. The van der Waals surface area contributed by atoms with Crippen LogP contribution in [0.5, 0.6) is 11.5 Å². The van der Waals surface area contributed by atoms with E-state index >= 15 is 0 Å². The van der Waals surface area contributed by atoms with E-state index < -0.39 is 0 Å². The van der Waals surface area contributed by atoms with Crippen LogP contribution in [-0.2, 0) is 6.54 Å². The van der Waals surface area contributed by atoms with Gasteiger partial charge >= 0.3 is 0 Å². The van der Waals surface area contributed by atoms with Gasteiger partial charge in [-0.05, 0) is 43.5 Å². The van der Waals surface area contributed by atoms with Gasteiger partial charge in [0.15, 0.2) is 11.5 Å². The quantitative estimate of drug-likeness (QED) is 0.514. The van der Waals surface area contributed by atoms with E-state index in [9.17, 15) is 0 Å². The Hall–Kier alpha value is -1.41. The van der Waals surface area contributed by atoms with Crippen LogP contribution in [0.15, 0.2) is 18.2 Å². The van der Waals surface area contributed by atoms with Gasteiger partial charge < -0.3 is 19.9 Å². The van der Waals surface area contributed by atoms with Gasteiger partial charge in [-0.3, -0.25) is 0 Å². The highest BCUT2D eigenvalue weighted by atomic mass is 35.5. The molecule has 0 aliphatic heterocycles. The summed E-state index contributed by atoms with van der Waals surface area (Å²) in [5, 5.41) is 12.1. The maximum absolute atomic E-state index is 8.69. The molecule has 0 heterocycles. The Bertz CT molecular complexity index is 432. The fourth-order valence-corrected chi connectivity index (χ4v) is 1.83. The zero-order valence-electron chi connectivity index (χ0n) is 12.4. The summed E-state index contributed by atoms with van der Waals surface area (Å²) < 4.78 is 10.7. The number of hydrogen-bond acceptors (Lipinski definition) is 4. The molecule has 1 rings (SSSR count). The van der Waals surface area contributed by atoms with Gasteiger partial charge in [0.05, 0.1) is 7.11 Å². The lowest BCUT2D eigenvalue weighted by molar-refractivity contribution is 0.283. The first-order valence-corrected chi connectivity index (χ1v) is 6.86. The van der Waals surface area contributed by atoms with Gasteiger partial charge in [0.2, 0.25) is 0 Å². The van der Waals surface area contributed by atoms with Crippen LogP contribution in [-0.4, -0.2) is 32.0 Å². The maximum Gasteiger partial charge on any atom is 0.162 e. The van der Waals surface area contributed by atoms with Gasteiger partial charge in [-0.1, -0.05) is 12.0 Å². The van der Waals surface area contributed by atoms with Crippen molar-refractivity contribution >= 4 is 12.4 Å². The van der Waals surface area contributed by atoms with E-state index in [0.29, 0.717) is 11.5 Å². The molecule has 4 nitrogen and oxygen atoms in total. The Morgan fingerprint density at radius 1 is 1.24 bits per heavy atom. The van der Waals surface area contributed by atoms with Crippen LogP contribution < -0.4 is 14.8 Å². The zero-order valence-corrected chi connectivity index (χ0v) is 13.2. The van der Waals surface area contributed by atoms with Gasteiger partial charge in [0, 0.05) is 13.2 Å². The molecule has 0 aliphatic rings. The molecule has 0 saturated carbocycles. The molecule has 2 N–H and O–H groups in total. The number of rotatable bonds is 10. The Balaban J connectivity index is 0.00000400. The number of halogens is 1. The molecule has 5 heteroatoms. The number of hydrogen-bond donors (Lipinski definition) is 2. The summed E-state index contributed by atoms with van der Waals surface area (Å²) in [4.78, 5) is 0. The number of aliphatic hydroxyl groups excluding tert-OH is 1. The first-order chi connectivity index (χ1) is 9.81. The Kier molecular flexibility index (Phi) is 11.5. The van der Waals surface area contributed by atoms with Crippen LogP contribution in [0.25, 0.3) is 0 Å². The molecule has 1 aromatic carbocycles. The third-order valence-electron chi connectivity index (χ3n) is 2.88. The standard InChI is InChI=1S/C16H23NO3.ClH/c1-3-11-20-15-8-7-14(12-16(15)19-2)13-17-9-5-4-6-10-18;/h1,7-8,12,17-18H,4-6,9-11,13H2,2H3;1H. The second-order valence-electron chi connectivity index (χ2n) is 4.44. The third-order valence-corrected chi connectivity index (χ3v) is 2.88. The minimum atomic E-state index is 0. The van der Waals surface area contributed by atoms with E-state index in [4.69, 9.17) is 21.0 Å². The Morgan fingerprint density at radius 2 is 2.05 bits per heavy atom. The van der Waals surface area contributed by atoms with E-state index in [1.54, 1.807) is 7.11 Å². The predicted octanol–water partition coefficient (Wildman–Crippen LogP) is 2.38. The minimum absolute atomic E-state index is 0. The number of ether oxygens (including phenoxy) is 2. The average Bonchev–Trinajstić information content (AvgIpc) is 2.49. The first kappa shape index (κ1) is 19.6. The smallest absolute Gasteiger partial charge is 0.162 e. The lowest BCUT2D eigenvalue weighted by Gasteiger charge is -2.11. The molecule has 0 spiro atoms. The fraction of sp³-hybridized carbons (Fsp3) is 0.500. The summed E-state index contributed by atoms with van der Waals surface area (Å²) in [7, 11) is 1.62. The highest BCUT2D eigenvalue weighted by Gasteiger charge is 2.05. The predicted molar refractivity (Wildman–Crippen MR) is 87.2 cm³/mol. The Labute approximate surface area is 133 Å². The van der Waals surface area contributed by atoms with Crippen molar-refractivity contribution in [2.75, 3.05) is 26.9 Å². The van der Waals surface area contributed by atoms with E-state index in [1.165, 1.54) is 0 Å². The van der Waals surface area contributed by atoms with Crippen molar-refractivity contribution in [3.05, 3.63) is 23.8 Å². The van der Waals surface area contributed by atoms with Crippen molar-refractivity contribution in [3.63, 3.8) is 0 Å². The zero-order chi connectivity index (χ0) is 14.6. The highest BCUT2D eigenvalue weighted by molar-refractivity contribution is 5.85. The number of aliphatic hydroxyl groups is 1. The van der Waals surface area contributed by atoms with Crippen molar-refractivity contribution in [1.82, 2.24) is 5.32 Å². The van der Waals surface area contributed by atoms with Crippen molar-refractivity contribution in [3.8, 4) is 23.8 Å². The molecule has 1 aromatic rings. The molecule has 0 fully saturated rings. The van der Waals surface area contributed by atoms with Gasteiger partial charge in [-0.2, -0.15) is 0 Å². The molecule has 0 radical (unpaired) electrons.